The second-order valence-corrected chi connectivity index (χ2v) is 9.63. The first-order valence-electron chi connectivity index (χ1n) is 10.1. The van der Waals surface area contributed by atoms with Gasteiger partial charge < -0.3 is 5.32 Å². The lowest BCUT2D eigenvalue weighted by atomic mass is 10.2. The van der Waals surface area contributed by atoms with Crippen molar-refractivity contribution in [1.29, 1.82) is 0 Å². The van der Waals surface area contributed by atoms with Crippen LogP contribution < -0.4 is 10.9 Å². The molecule has 0 saturated carbocycles. The normalized spacial score (nSPS) is 11.2. The van der Waals surface area contributed by atoms with Crippen molar-refractivity contribution in [3.05, 3.63) is 93.9 Å². The van der Waals surface area contributed by atoms with Gasteiger partial charge >= 0.3 is 0 Å². The highest BCUT2D eigenvalue weighted by Gasteiger charge is 2.18. The van der Waals surface area contributed by atoms with Gasteiger partial charge in [-0.1, -0.05) is 59.8 Å². The van der Waals surface area contributed by atoms with Crippen molar-refractivity contribution in [2.75, 3.05) is 11.1 Å². The molecule has 2 aromatic carbocycles. The summed E-state index contributed by atoms with van der Waals surface area (Å²) in [4.78, 5) is 36.0. The lowest BCUT2D eigenvalue weighted by molar-refractivity contribution is -0.113. The summed E-state index contributed by atoms with van der Waals surface area (Å²) < 4.78 is 2.19. The molecule has 3 aromatic heterocycles. The number of carbonyl (C=O) groups is 1. The summed E-state index contributed by atoms with van der Waals surface area (Å²) in [5, 5.41) is 4.70. The molecule has 0 unspecified atom stereocenters. The zero-order valence-electron chi connectivity index (χ0n) is 17.2. The minimum absolute atomic E-state index is 0.0968. The Kier molecular flexibility index (Phi) is 6.13. The topological polar surface area (TPSA) is 76.9 Å². The van der Waals surface area contributed by atoms with Crippen molar-refractivity contribution in [1.82, 2.24) is 14.5 Å². The lowest BCUT2D eigenvalue weighted by Gasteiger charge is -2.12. The van der Waals surface area contributed by atoms with E-state index in [9.17, 15) is 9.59 Å². The van der Waals surface area contributed by atoms with Gasteiger partial charge in [0, 0.05) is 22.3 Å². The van der Waals surface area contributed by atoms with E-state index in [1.54, 1.807) is 35.0 Å². The molecule has 33 heavy (non-hydrogen) atoms. The monoisotopic (exact) mass is 492 g/mol. The summed E-state index contributed by atoms with van der Waals surface area (Å²) in [6.07, 6.45) is 1.70. The molecule has 6 nitrogen and oxygen atoms in total. The molecule has 0 spiro atoms. The van der Waals surface area contributed by atoms with Crippen LogP contribution in [0.3, 0.4) is 0 Å². The number of pyridine rings is 1. The second kappa shape index (κ2) is 9.35. The standard InChI is InChI=1S/C24H17ClN4O2S2/c25-16-8-4-9-17(12-16)27-19(30)14-32-24-28-20-18-10-5-11-26-22(18)33-21(20)23(31)29(24)13-15-6-2-1-3-7-15/h1-12H,13-14H2,(H,27,30). The van der Waals surface area contributed by atoms with Crippen LogP contribution in [0.15, 0.2) is 82.9 Å². The van der Waals surface area contributed by atoms with Crippen LogP contribution in [0.5, 0.6) is 0 Å². The van der Waals surface area contributed by atoms with E-state index in [-0.39, 0.29) is 17.2 Å². The molecule has 0 saturated heterocycles. The lowest BCUT2D eigenvalue weighted by Crippen LogP contribution is -2.24. The van der Waals surface area contributed by atoms with E-state index >= 15 is 0 Å². The molecule has 0 aliphatic carbocycles. The SMILES string of the molecule is O=C(CSc1nc2c(sc3ncccc32)c(=O)n1Cc1ccccc1)Nc1cccc(Cl)c1. The van der Waals surface area contributed by atoms with E-state index in [0.717, 1.165) is 15.8 Å². The number of thioether (sulfide) groups is 1. The third kappa shape index (κ3) is 4.64. The largest absolute Gasteiger partial charge is 0.325 e. The van der Waals surface area contributed by atoms with Gasteiger partial charge in [-0.25, -0.2) is 9.97 Å². The highest BCUT2D eigenvalue weighted by Crippen LogP contribution is 2.30. The number of thiophene rings is 1. The first-order valence-corrected chi connectivity index (χ1v) is 12.3. The van der Waals surface area contributed by atoms with Crippen LogP contribution in [0.1, 0.15) is 5.56 Å². The molecule has 0 fully saturated rings. The third-order valence-corrected chi connectivity index (χ3v) is 7.24. The van der Waals surface area contributed by atoms with Crippen LogP contribution >= 0.6 is 34.7 Å². The molecular weight excluding hydrogens is 476 g/mol. The molecule has 0 bridgehead atoms. The minimum atomic E-state index is -0.209. The van der Waals surface area contributed by atoms with Crippen LogP contribution in [0.2, 0.25) is 5.02 Å². The van der Waals surface area contributed by atoms with Crippen molar-refractivity contribution in [3.63, 3.8) is 0 Å². The minimum Gasteiger partial charge on any atom is -0.325 e. The number of benzene rings is 2. The van der Waals surface area contributed by atoms with Crippen molar-refractivity contribution in [2.45, 2.75) is 11.7 Å². The van der Waals surface area contributed by atoms with Gasteiger partial charge in [0.15, 0.2) is 5.16 Å². The number of nitrogens with zero attached hydrogens (tertiary/aromatic N) is 3. The van der Waals surface area contributed by atoms with E-state index < -0.39 is 0 Å². The first kappa shape index (κ1) is 21.6. The van der Waals surface area contributed by atoms with Crippen molar-refractivity contribution in [3.8, 4) is 0 Å². The molecule has 1 amide bonds. The Morgan fingerprint density at radius 1 is 1.09 bits per heavy atom. The van der Waals surface area contributed by atoms with E-state index in [1.807, 2.05) is 42.5 Å². The summed E-state index contributed by atoms with van der Waals surface area (Å²) in [5.74, 6) is -0.112. The van der Waals surface area contributed by atoms with E-state index in [0.29, 0.717) is 32.6 Å². The molecule has 5 aromatic rings. The maximum Gasteiger partial charge on any atom is 0.272 e. The van der Waals surface area contributed by atoms with Crippen LogP contribution in [0.25, 0.3) is 20.4 Å². The summed E-state index contributed by atoms with van der Waals surface area (Å²) in [6.45, 7) is 0.364. The summed E-state index contributed by atoms with van der Waals surface area (Å²) in [6, 6.07) is 20.4. The fourth-order valence-corrected chi connectivity index (χ4v) is 5.46. The summed E-state index contributed by atoms with van der Waals surface area (Å²) >= 11 is 8.57. The van der Waals surface area contributed by atoms with Gasteiger partial charge in [-0.3, -0.25) is 14.2 Å². The highest BCUT2D eigenvalue weighted by atomic mass is 35.5. The van der Waals surface area contributed by atoms with Crippen molar-refractivity contribution < 1.29 is 4.79 Å². The molecular formula is C24H17ClN4O2S2. The Bertz CT molecular complexity index is 1530. The smallest absolute Gasteiger partial charge is 0.272 e. The Balaban J connectivity index is 1.51. The Hall–Kier alpha value is -3.20. The van der Waals surface area contributed by atoms with Crippen LogP contribution in [-0.2, 0) is 11.3 Å². The molecule has 5 rings (SSSR count). The summed E-state index contributed by atoms with van der Waals surface area (Å²) in [7, 11) is 0. The number of aromatic nitrogens is 3. The Morgan fingerprint density at radius 2 is 1.94 bits per heavy atom. The van der Waals surface area contributed by atoms with Gasteiger partial charge in [-0.15, -0.1) is 11.3 Å². The molecule has 0 aliphatic heterocycles. The maximum atomic E-state index is 13.5. The average Bonchev–Trinajstić information content (AvgIpc) is 3.19. The average molecular weight is 493 g/mol. The third-order valence-electron chi connectivity index (χ3n) is 4.94. The number of nitrogens with one attached hydrogen (secondary N) is 1. The fourth-order valence-electron chi connectivity index (χ4n) is 3.45. The van der Waals surface area contributed by atoms with Gasteiger partial charge in [-0.05, 0) is 35.9 Å². The zero-order chi connectivity index (χ0) is 22.8. The predicted molar refractivity (Wildman–Crippen MR) is 136 cm³/mol. The number of hydrogen-bond acceptors (Lipinski definition) is 6. The van der Waals surface area contributed by atoms with Gasteiger partial charge in [0.25, 0.3) is 5.56 Å². The maximum absolute atomic E-state index is 13.5. The van der Waals surface area contributed by atoms with E-state index in [1.165, 1.54) is 23.1 Å². The molecule has 0 atom stereocenters. The summed E-state index contributed by atoms with van der Waals surface area (Å²) in [5.41, 5.74) is 2.08. The number of fused-ring (bicyclic) bond motifs is 3. The number of anilines is 1. The van der Waals surface area contributed by atoms with Gasteiger partial charge in [0.1, 0.15) is 9.53 Å². The Morgan fingerprint density at radius 3 is 2.76 bits per heavy atom. The van der Waals surface area contributed by atoms with Crippen LogP contribution in [0, 0.1) is 0 Å². The molecule has 1 N–H and O–H groups in total. The van der Waals surface area contributed by atoms with Crippen LogP contribution in [-0.4, -0.2) is 26.2 Å². The number of carbonyl (C=O) groups excluding carboxylic acids is 1. The Labute approximate surface area is 202 Å². The van der Waals surface area contributed by atoms with Crippen molar-refractivity contribution in [2.24, 2.45) is 0 Å². The number of halogens is 1. The first-order chi connectivity index (χ1) is 16.1. The van der Waals surface area contributed by atoms with Gasteiger partial charge in [0.2, 0.25) is 5.91 Å². The number of amides is 1. The highest BCUT2D eigenvalue weighted by molar-refractivity contribution is 7.99. The number of rotatable bonds is 6. The van der Waals surface area contributed by atoms with Gasteiger partial charge in [-0.2, -0.15) is 0 Å². The predicted octanol–water partition coefficient (Wildman–Crippen LogP) is 5.44. The zero-order valence-corrected chi connectivity index (χ0v) is 19.6. The second-order valence-electron chi connectivity index (χ2n) is 7.25. The van der Waals surface area contributed by atoms with Crippen LogP contribution in [0.4, 0.5) is 5.69 Å². The van der Waals surface area contributed by atoms with Gasteiger partial charge in [0.05, 0.1) is 17.8 Å². The van der Waals surface area contributed by atoms with E-state index in [4.69, 9.17) is 16.6 Å². The van der Waals surface area contributed by atoms with Crippen molar-refractivity contribution >= 4 is 66.7 Å². The molecule has 0 radical (unpaired) electrons. The fraction of sp³-hybridized carbons (Fsp3) is 0.0833. The molecule has 0 aliphatic rings. The molecule has 3 heterocycles. The molecule has 164 valence electrons. The quantitative estimate of drug-likeness (QED) is 0.252. The molecule has 9 heteroatoms. The number of hydrogen-bond donors (Lipinski definition) is 1. The van der Waals surface area contributed by atoms with E-state index in [2.05, 4.69) is 10.3 Å².